The number of sulfone groups is 1. The van der Waals surface area contributed by atoms with E-state index in [1.54, 1.807) is 37.3 Å². The molecule has 0 aliphatic carbocycles. The van der Waals surface area contributed by atoms with E-state index in [1.165, 1.54) is 24.3 Å². The topological polar surface area (TPSA) is 68.2 Å². The normalized spacial score (nSPS) is 12.3. The zero-order valence-corrected chi connectivity index (χ0v) is 23.2. The van der Waals surface area contributed by atoms with Crippen molar-refractivity contribution in [2.24, 2.45) is 0 Å². The van der Waals surface area contributed by atoms with Crippen LogP contribution in [0.15, 0.2) is 71.6 Å². The number of halogens is 4. The first-order chi connectivity index (χ1) is 18.3. The summed E-state index contributed by atoms with van der Waals surface area (Å²) in [5, 5.41) is 3.77. The number of aromatic nitrogens is 1. The maximum atomic E-state index is 13.6. The van der Waals surface area contributed by atoms with E-state index < -0.39 is 21.6 Å². The van der Waals surface area contributed by atoms with Crippen molar-refractivity contribution in [3.8, 4) is 0 Å². The van der Waals surface area contributed by atoms with Gasteiger partial charge in [0, 0.05) is 46.2 Å². The third-order valence-electron chi connectivity index (χ3n) is 6.59. The van der Waals surface area contributed by atoms with E-state index in [9.17, 15) is 26.4 Å². The van der Waals surface area contributed by atoms with Crippen LogP contribution >= 0.6 is 11.6 Å². The first kappa shape index (κ1) is 28.7. The van der Waals surface area contributed by atoms with E-state index in [0.717, 1.165) is 17.0 Å². The van der Waals surface area contributed by atoms with Gasteiger partial charge in [-0.05, 0) is 67.4 Å². The predicted octanol–water partition coefficient (Wildman–Crippen LogP) is 7.21. The molecule has 4 aromatic rings. The zero-order valence-electron chi connectivity index (χ0n) is 21.6. The lowest BCUT2D eigenvalue weighted by molar-refractivity contribution is -0.138. The molecular weight excluding hydrogens is 549 g/mol. The van der Waals surface area contributed by atoms with Crippen molar-refractivity contribution >= 4 is 38.2 Å². The molecule has 5 nitrogen and oxygen atoms in total. The van der Waals surface area contributed by atoms with Crippen LogP contribution in [0.1, 0.15) is 59.6 Å². The Morgan fingerprint density at radius 3 is 2.36 bits per heavy atom. The third kappa shape index (κ3) is 6.15. The van der Waals surface area contributed by atoms with Gasteiger partial charge in [-0.15, -0.1) is 0 Å². The first-order valence-electron chi connectivity index (χ1n) is 12.4. The van der Waals surface area contributed by atoms with Crippen molar-refractivity contribution in [1.82, 2.24) is 9.88 Å². The summed E-state index contributed by atoms with van der Waals surface area (Å²) in [5.41, 5.74) is 2.00. The Kier molecular flexibility index (Phi) is 8.14. The minimum Gasteiger partial charge on any atom is -0.348 e. The largest absolute Gasteiger partial charge is 0.416 e. The molecule has 1 heterocycles. The molecule has 39 heavy (non-hydrogen) atoms. The van der Waals surface area contributed by atoms with Crippen molar-refractivity contribution in [2.75, 3.05) is 5.75 Å². The maximum absolute atomic E-state index is 13.6. The van der Waals surface area contributed by atoms with Crippen LogP contribution in [-0.2, 0) is 29.0 Å². The van der Waals surface area contributed by atoms with Crippen LogP contribution in [0.4, 0.5) is 13.2 Å². The van der Waals surface area contributed by atoms with E-state index in [-0.39, 0.29) is 46.1 Å². The molecule has 0 unspecified atom stereocenters. The number of nitrogens with one attached hydrogen (secondary N) is 1. The Balaban J connectivity index is 1.59. The summed E-state index contributed by atoms with van der Waals surface area (Å²) in [5.74, 6) is -0.406. The number of carbonyl (C=O) groups excluding carboxylic acids is 1. The Morgan fingerprint density at radius 2 is 1.72 bits per heavy atom. The monoisotopic (exact) mass is 576 g/mol. The molecule has 0 atom stereocenters. The number of amides is 1. The van der Waals surface area contributed by atoms with Gasteiger partial charge in [0.05, 0.1) is 16.2 Å². The second-order valence-electron chi connectivity index (χ2n) is 9.54. The Morgan fingerprint density at radius 1 is 1.00 bits per heavy atom. The number of benzene rings is 3. The lowest BCUT2D eigenvalue weighted by atomic mass is 10.0. The number of hydrogen-bond donors (Lipinski definition) is 1. The summed E-state index contributed by atoms with van der Waals surface area (Å²) >= 11 is 6.27. The van der Waals surface area contributed by atoms with Crippen LogP contribution in [0.25, 0.3) is 10.9 Å². The zero-order chi connectivity index (χ0) is 28.5. The lowest BCUT2D eigenvalue weighted by Crippen LogP contribution is -2.23. The minimum absolute atomic E-state index is 0.0168. The number of nitrogens with zero attached hydrogens (tertiary/aromatic N) is 1. The fraction of sp³-hybridized carbons (Fsp3) is 0.276. The van der Waals surface area contributed by atoms with Gasteiger partial charge in [-0.25, -0.2) is 8.42 Å². The maximum Gasteiger partial charge on any atom is 0.416 e. The molecule has 0 radical (unpaired) electrons. The van der Waals surface area contributed by atoms with Crippen molar-refractivity contribution in [3.63, 3.8) is 0 Å². The van der Waals surface area contributed by atoms with Gasteiger partial charge in [-0.2, -0.15) is 13.2 Å². The fourth-order valence-corrected chi connectivity index (χ4v) is 5.85. The quantitative estimate of drug-likeness (QED) is 0.241. The molecule has 4 rings (SSSR count). The summed E-state index contributed by atoms with van der Waals surface area (Å²) in [7, 11) is -3.40. The highest BCUT2D eigenvalue weighted by Gasteiger charge is 2.33. The van der Waals surface area contributed by atoms with Gasteiger partial charge in [0.15, 0.2) is 9.84 Å². The molecule has 1 amide bonds. The molecule has 0 bridgehead atoms. The van der Waals surface area contributed by atoms with Crippen molar-refractivity contribution < 1.29 is 26.4 Å². The van der Waals surface area contributed by atoms with Gasteiger partial charge >= 0.3 is 6.18 Å². The Hall–Kier alpha value is -3.30. The number of hydrogen-bond acceptors (Lipinski definition) is 3. The minimum atomic E-state index is -4.45. The van der Waals surface area contributed by atoms with Gasteiger partial charge in [0.2, 0.25) is 0 Å². The predicted molar refractivity (Wildman–Crippen MR) is 147 cm³/mol. The van der Waals surface area contributed by atoms with Crippen LogP contribution in [0.3, 0.4) is 0 Å². The van der Waals surface area contributed by atoms with Crippen LogP contribution < -0.4 is 5.32 Å². The summed E-state index contributed by atoms with van der Waals surface area (Å²) in [6.45, 7) is 5.56. The van der Waals surface area contributed by atoms with Crippen LogP contribution in [0.2, 0.25) is 5.02 Å². The molecule has 0 aliphatic rings. The van der Waals surface area contributed by atoms with Gasteiger partial charge < -0.3 is 9.88 Å². The highest BCUT2D eigenvalue weighted by molar-refractivity contribution is 7.91. The van der Waals surface area contributed by atoms with Gasteiger partial charge in [0.1, 0.15) is 0 Å². The molecule has 0 saturated carbocycles. The lowest BCUT2D eigenvalue weighted by Gasteiger charge is -2.17. The first-order valence-corrected chi connectivity index (χ1v) is 14.4. The SMILES string of the molecule is CCS(=O)(=O)c1ccc(CNC(=O)c2ccc3c(c2)cc(Cc2ccccc2C(F)(F)F)n3C(C)C)c(Cl)c1. The second-order valence-corrected chi connectivity index (χ2v) is 12.2. The molecule has 0 fully saturated rings. The van der Waals surface area contributed by atoms with Crippen LogP contribution in [-0.4, -0.2) is 24.6 Å². The van der Waals surface area contributed by atoms with Crippen molar-refractivity contribution in [3.05, 3.63) is 99.7 Å². The molecule has 1 N–H and O–H groups in total. The fourth-order valence-electron chi connectivity index (χ4n) is 4.64. The highest BCUT2D eigenvalue weighted by Crippen LogP contribution is 2.34. The van der Waals surface area contributed by atoms with Gasteiger partial charge in [-0.1, -0.05) is 42.8 Å². The number of alkyl halides is 3. The number of rotatable bonds is 8. The molecule has 3 aromatic carbocycles. The Labute approximate surface area is 230 Å². The van der Waals surface area contributed by atoms with Crippen LogP contribution in [0.5, 0.6) is 0 Å². The standard InChI is InChI=1S/C29H28ClF3N2O3S/c1-4-39(37,38)24-11-9-21(26(30)16-24)17-34-28(36)20-10-12-27-22(13-20)15-23(35(27)18(2)3)14-19-7-5-6-8-25(19)29(31,32)33/h5-13,15-16,18H,4,14,17H2,1-3H3,(H,34,36). The highest BCUT2D eigenvalue weighted by atomic mass is 35.5. The van der Waals surface area contributed by atoms with E-state index in [4.69, 9.17) is 11.6 Å². The molecule has 206 valence electrons. The molecular formula is C29H28ClF3N2O3S. The van der Waals surface area contributed by atoms with Crippen molar-refractivity contribution in [2.45, 2.75) is 50.9 Å². The van der Waals surface area contributed by atoms with Gasteiger partial charge in [-0.3, -0.25) is 4.79 Å². The third-order valence-corrected chi connectivity index (χ3v) is 8.68. The van der Waals surface area contributed by atoms with Crippen molar-refractivity contribution in [1.29, 1.82) is 0 Å². The van der Waals surface area contributed by atoms with Crippen LogP contribution in [0, 0.1) is 0 Å². The summed E-state index contributed by atoms with van der Waals surface area (Å²) in [6, 6.07) is 16.9. The number of carbonyl (C=O) groups is 1. The second kappa shape index (κ2) is 11.1. The molecule has 0 spiro atoms. The van der Waals surface area contributed by atoms with E-state index in [1.807, 2.05) is 24.5 Å². The summed E-state index contributed by atoms with van der Waals surface area (Å²) in [6.07, 6.45) is -4.36. The summed E-state index contributed by atoms with van der Waals surface area (Å²) < 4.78 is 66.9. The van der Waals surface area contributed by atoms with E-state index >= 15 is 0 Å². The molecule has 10 heteroatoms. The molecule has 1 aromatic heterocycles. The summed E-state index contributed by atoms with van der Waals surface area (Å²) in [4.78, 5) is 13.1. The van der Waals surface area contributed by atoms with E-state index in [0.29, 0.717) is 16.8 Å². The molecule has 0 aliphatic heterocycles. The Bertz CT molecular complexity index is 1640. The van der Waals surface area contributed by atoms with E-state index in [2.05, 4.69) is 5.32 Å². The van der Waals surface area contributed by atoms with Gasteiger partial charge in [0.25, 0.3) is 5.91 Å². The average molecular weight is 577 g/mol. The molecule has 0 saturated heterocycles. The average Bonchev–Trinajstić information content (AvgIpc) is 3.24. The number of fused-ring (bicyclic) bond motifs is 1. The smallest absolute Gasteiger partial charge is 0.348 e.